The SMILES string of the molecule is COCC(C)n1ccc(NC(=O)NCc2ccc3occc3c2)n1. The Kier molecular flexibility index (Phi) is 4.81. The van der Waals surface area contributed by atoms with E-state index in [9.17, 15) is 4.79 Å². The smallest absolute Gasteiger partial charge is 0.320 e. The highest BCUT2D eigenvalue weighted by molar-refractivity contribution is 5.88. The summed E-state index contributed by atoms with van der Waals surface area (Å²) in [4.78, 5) is 12.0. The maximum absolute atomic E-state index is 12.0. The minimum atomic E-state index is -0.299. The van der Waals surface area contributed by atoms with Crippen molar-refractivity contribution in [3.63, 3.8) is 0 Å². The van der Waals surface area contributed by atoms with Gasteiger partial charge in [-0.05, 0) is 30.7 Å². The highest BCUT2D eigenvalue weighted by Crippen LogP contribution is 2.16. The van der Waals surface area contributed by atoms with Crippen LogP contribution in [0.25, 0.3) is 11.0 Å². The van der Waals surface area contributed by atoms with Crippen molar-refractivity contribution in [1.82, 2.24) is 15.1 Å². The fraction of sp³-hybridized carbons (Fsp3) is 0.294. The monoisotopic (exact) mass is 328 g/mol. The number of rotatable bonds is 6. The first-order valence-electron chi connectivity index (χ1n) is 7.71. The van der Waals surface area contributed by atoms with E-state index in [1.807, 2.05) is 37.4 Å². The topological polar surface area (TPSA) is 81.3 Å². The van der Waals surface area contributed by atoms with E-state index in [1.54, 1.807) is 24.1 Å². The highest BCUT2D eigenvalue weighted by atomic mass is 16.5. The average molecular weight is 328 g/mol. The van der Waals surface area contributed by atoms with Crippen molar-refractivity contribution >= 4 is 22.8 Å². The number of ether oxygens (including phenoxy) is 1. The Morgan fingerprint density at radius 3 is 3.08 bits per heavy atom. The van der Waals surface area contributed by atoms with Gasteiger partial charge in [-0.3, -0.25) is 10.00 Å². The van der Waals surface area contributed by atoms with Crippen LogP contribution in [0.15, 0.2) is 47.2 Å². The van der Waals surface area contributed by atoms with Crippen molar-refractivity contribution in [3.8, 4) is 0 Å². The minimum absolute atomic E-state index is 0.107. The van der Waals surface area contributed by atoms with Crippen LogP contribution in [0.1, 0.15) is 18.5 Å². The minimum Gasteiger partial charge on any atom is -0.464 e. The highest BCUT2D eigenvalue weighted by Gasteiger charge is 2.09. The molecule has 0 spiro atoms. The van der Waals surface area contributed by atoms with Crippen LogP contribution in [0.5, 0.6) is 0 Å². The number of urea groups is 1. The molecule has 0 aliphatic heterocycles. The number of nitrogens with one attached hydrogen (secondary N) is 2. The summed E-state index contributed by atoms with van der Waals surface area (Å²) in [6.07, 6.45) is 3.46. The third-order valence-corrected chi connectivity index (χ3v) is 3.68. The maximum Gasteiger partial charge on any atom is 0.320 e. The van der Waals surface area contributed by atoms with Gasteiger partial charge >= 0.3 is 6.03 Å². The molecule has 0 fully saturated rings. The van der Waals surface area contributed by atoms with E-state index >= 15 is 0 Å². The molecule has 3 rings (SSSR count). The average Bonchev–Trinajstić information content (AvgIpc) is 3.21. The quantitative estimate of drug-likeness (QED) is 0.728. The standard InChI is InChI=1S/C17H20N4O3/c1-12(11-23-2)21-7-5-16(20-21)19-17(22)18-10-13-3-4-15-14(9-13)6-8-24-15/h3-9,12H,10-11H2,1-2H3,(H2,18,19,20,22). The van der Waals surface area contributed by atoms with Crippen LogP contribution in [0.4, 0.5) is 10.6 Å². The summed E-state index contributed by atoms with van der Waals surface area (Å²) in [6.45, 7) is 2.98. The van der Waals surface area contributed by atoms with Crippen LogP contribution in [-0.2, 0) is 11.3 Å². The Morgan fingerprint density at radius 2 is 2.25 bits per heavy atom. The molecule has 7 heteroatoms. The Bertz CT molecular complexity index is 824. The summed E-state index contributed by atoms with van der Waals surface area (Å²) in [6, 6.07) is 9.26. The van der Waals surface area contributed by atoms with E-state index in [1.165, 1.54) is 0 Å². The molecule has 0 aliphatic rings. The Hall–Kier alpha value is -2.80. The molecule has 0 bridgehead atoms. The van der Waals surface area contributed by atoms with Crippen LogP contribution in [0.2, 0.25) is 0 Å². The van der Waals surface area contributed by atoms with E-state index in [0.29, 0.717) is 19.0 Å². The zero-order valence-electron chi connectivity index (χ0n) is 13.7. The van der Waals surface area contributed by atoms with Crippen molar-refractivity contribution in [2.45, 2.75) is 19.5 Å². The number of aromatic nitrogens is 2. The summed E-state index contributed by atoms with van der Waals surface area (Å²) in [5.74, 6) is 0.501. The van der Waals surface area contributed by atoms with Gasteiger partial charge in [-0.15, -0.1) is 0 Å². The number of hydrogen-bond donors (Lipinski definition) is 2. The molecule has 24 heavy (non-hydrogen) atoms. The molecule has 1 unspecified atom stereocenters. The first-order chi connectivity index (χ1) is 11.7. The zero-order chi connectivity index (χ0) is 16.9. The van der Waals surface area contributed by atoms with Crippen molar-refractivity contribution in [3.05, 3.63) is 48.4 Å². The number of furan rings is 1. The second kappa shape index (κ2) is 7.18. The van der Waals surface area contributed by atoms with Gasteiger partial charge in [-0.25, -0.2) is 4.79 Å². The van der Waals surface area contributed by atoms with Crippen LogP contribution >= 0.6 is 0 Å². The van der Waals surface area contributed by atoms with E-state index in [-0.39, 0.29) is 12.1 Å². The summed E-state index contributed by atoms with van der Waals surface area (Å²) in [7, 11) is 1.65. The number of nitrogens with zero attached hydrogens (tertiary/aromatic N) is 2. The van der Waals surface area contributed by atoms with E-state index in [2.05, 4.69) is 15.7 Å². The fourth-order valence-electron chi connectivity index (χ4n) is 2.44. The number of anilines is 1. The fourth-order valence-corrected chi connectivity index (χ4v) is 2.44. The zero-order valence-corrected chi connectivity index (χ0v) is 13.7. The third kappa shape index (κ3) is 3.75. The van der Waals surface area contributed by atoms with Gasteiger partial charge in [0.05, 0.1) is 18.9 Å². The Balaban J connectivity index is 1.53. The molecule has 0 aliphatic carbocycles. The summed E-state index contributed by atoms with van der Waals surface area (Å²) >= 11 is 0. The van der Waals surface area contributed by atoms with Crippen LogP contribution in [0.3, 0.4) is 0 Å². The largest absolute Gasteiger partial charge is 0.464 e. The van der Waals surface area contributed by atoms with Gasteiger partial charge in [-0.2, -0.15) is 5.10 Å². The van der Waals surface area contributed by atoms with Gasteiger partial charge in [0.1, 0.15) is 5.58 Å². The molecule has 2 amide bonds. The Labute approximate surface area is 139 Å². The summed E-state index contributed by atoms with van der Waals surface area (Å²) in [5.41, 5.74) is 1.83. The number of carbonyl (C=O) groups excluding carboxylic acids is 1. The second-order valence-electron chi connectivity index (χ2n) is 5.59. The van der Waals surface area contributed by atoms with Crippen molar-refractivity contribution in [2.24, 2.45) is 0 Å². The maximum atomic E-state index is 12.0. The van der Waals surface area contributed by atoms with Gasteiger partial charge in [0.2, 0.25) is 0 Å². The normalized spacial score (nSPS) is 12.2. The molecule has 126 valence electrons. The lowest BCUT2D eigenvalue weighted by Crippen LogP contribution is -2.28. The summed E-state index contributed by atoms with van der Waals surface area (Å²) < 4.78 is 12.1. The first kappa shape index (κ1) is 16.1. The molecular weight excluding hydrogens is 308 g/mol. The van der Waals surface area contributed by atoms with Gasteiger partial charge < -0.3 is 14.5 Å². The van der Waals surface area contributed by atoms with E-state index in [0.717, 1.165) is 16.5 Å². The van der Waals surface area contributed by atoms with Crippen molar-refractivity contribution in [1.29, 1.82) is 0 Å². The molecule has 1 aromatic carbocycles. The van der Waals surface area contributed by atoms with Gasteiger partial charge in [0.25, 0.3) is 0 Å². The molecule has 2 N–H and O–H groups in total. The second-order valence-corrected chi connectivity index (χ2v) is 5.59. The molecule has 0 radical (unpaired) electrons. The van der Waals surface area contributed by atoms with Crippen LogP contribution in [-0.4, -0.2) is 29.5 Å². The lowest BCUT2D eigenvalue weighted by molar-refractivity contribution is 0.157. The van der Waals surface area contributed by atoms with Crippen LogP contribution in [0, 0.1) is 0 Å². The molecule has 2 heterocycles. The number of carbonyl (C=O) groups is 1. The van der Waals surface area contributed by atoms with E-state index < -0.39 is 0 Å². The lowest BCUT2D eigenvalue weighted by Gasteiger charge is -2.10. The molecule has 0 saturated carbocycles. The molecule has 0 saturated heterocycles. The number of fused-ring (bicyclic) bond motifs is 1. The third-order valence-electron chi connectivity index (χ3n) is 3.68. The predicted molar refractivity (Wildman–Crippen MR) is 90.9 cm³/mol. The van der Waals surface area contributed by atoms with Gasteiger partial charge in [-0.1, -0.05) is 6.07 Å². The number of hydrogen-bond acceptors (Lipinski definition) is 4. The van der Waals surface area contributed by atoms with Crippen molar-refractivity contribution < 1.29 is 13.9 Å². The molecule has 1 atom stereocenters. The predicted octanol–water partition coefficient (Wildman–Crippen LogP) is 3.16. The number of methoxy groups -OCH3 is 1. The van der Waals surface area contributed by atoms with Crippen LogP contribution < -0.4 is 10.6 Å². The summed E-state index contributed by atoms with van der Waals surface area (Å²) in [5, 5.41) is 10.9. The Morgan fingerprint density at radius 1 is 1.38 bits per heavy atom. The lowest BCUT2D eigenvalue weighted by atomic mass is 10.1. The molecule has 2 aromatic heterocycles. The van der Waals surface area contributed by atoms with Gasteiger partial charge in [0, 0.05) is 31.3 Å². The van der Waals surface area contributed by atoms with E-state index in [4.69, 9.17) is 9.15 Å². The number of benzene rings is 1. The first-order valence-corrected chi connectivity index (χ1v) is 7.71. The van der Waals surface area contributed by atoms with Crippen molar-refractivity contribution in [2.75, 3.05) is 19.0 Å². The molecule has 3 aromatic rings. The molecule has 7 nitrogen and oxygen atoms in total. The molecular formula is C17H20N4O3. The number of amides is 2. The van der Waals surface area contributed by atoms with Gasteiger partial charge in [0.15, 0.2) is 5.82 Å².